The third-order valence-corrected chi connectivity index (χ3v) is 3.05. The summed E-state index contributed by atoms with van der Waals surface area (Å²) in [7, 11) is 0. The molecule has 0 saturated carbocycles. The highest BCUT2D eigenvalue weighted by molar-refractivity contribution is 5.01. The summed E-state index contributed by atoms with van der Waals surface area (Å²) in [6, 6.07) is 0. The zero-order chi connectivity index (χ0) is 11.4. The van der Waals surface area contributed by atoms with Crippen molar-refractivity contribution in [1.29, 1.82) is 0 Å². The van der Waals surface area contributed by atoms with Gasteiger partial charge in [0.2, 0.25) is 0 Å². The van der Waals surface area contributed by atoms with E-state index in [1.54, 1.807) is 0 Å². The molecule has 2 N–H and O–H groups in total. The molecule has 5 heteroatoms. The van der Waals surface area contributed by atoms with Crippen molar-refractivity contribution >= 4 is 0 Å². The molecule has 1 aliphatic heterocycles. The molecular formula is C11H19N3O2. The van der Waals surface area contributed by atoms with E-state index in [-0.39, 0.29) is 0 Å². The third kappa shape index (κ3) is 2.41. The van der Waals surface area contributed by atoms with E-state index in [0.29, 0.717) is 24.6 Å². The van der Waals surface area contributed by atoms with Crippen molar-refractivity contribution in [2.45, 2.75) is 44.6 Å². The average molecular weight is 225 g/mol. The number of nitrogens with zero attached hydrogens (tertiary/aromatic N) is 2. The monoisotopic (exact) mass is 225 g/mol. The highest BCUT2D eigenvalue weighted by Crippen LogP contribution is 2.28. The highest BCUT2D eigenvalue weighted by Gasteiger charge is 2.36. The Morgan fingerprint density at radius 1 is 1.44 bits per heavy atom. The van der Waals surface area contributed by atoms with Gasteiger partial charge in [-0.2, -0.15) is 4.98 Å². The number of hydrogen-bond donors (Lipinski definition) is 2. The molecule has 0 aromatic carbocycles. The first kappa shape index (κ1) is 11.5. The molecule has 0 bridgehead atoms. The molecule has 16 heavy (non-hydrogen) atoms. The minimum absolute atomic E-state index is 0.389. The number of aliphatic hydroxyl groups is 1. The third-order valence-electron chi connectivity index (χ3n) is 3.05. The van der Waals surface area contributed by atoms with E-state index in [4.69, 9.17) is 4.52 Å². The molecule has 1 aromatic rings. The summed E-state index contributed by atoms with van der Waals surface area (Å²) in [6.45, 7) is 3.72. The van der Waals surface area contributed by atoms with Crippen LogP contribution < -0.4 is 5.32 Å². The second-order valence-electron chi connectivity index (χ2n) is 4.40. The Kier molecular flexibility index (Phi) is 3.56. The van der Waals surface area contributed by atoms with Gasteiger partial charge in [-0.25, -0.2) is 0 Å². The Labute approximate surface area is 95.2 Å². The number of rotatable bonds is 4. The molecule has 0 spiro atoms. The fourth-order valence-electron chi connectivity index (χ4n) is 1.93. The number of piperidine rings is 1. The Morgan fingerprint density at radius 2 is 2.19 bits per heavy atom. The molecule has 0 radical (unpaired) electrons. The Morgan fingerprint density at radius 3 is 2.88 bits per heavy atom. The normalized spacial score (nSPS) is 19.9. The van der Waals surface area contributed by atoms with Gasteiger partial charge in [0.1, 0.15) is 5.60 Å². The lowest BCUT2D eigenvalue weighted by atomic mass is 9.92. The molecule has 5 nitrogen and oxygen atoms in total. The molecule has 0 atom stereocenters. The van der Waals surface area contributed by atoms with Gasteiger partial charge in [0.25, 0.3) is 5.89 Å². The first-order valence-corrected chi connectivity index (χ1v) is 6.01. The van der Waals surface area contributed by atoms with Crippen molar-refractivity contribution in [3.05, 3.63) is 11.7 Å². The van der Waals surface area contributed by atoms with Gasteiger partial charge in [0.05, 0.1) is 0 Å². The van der Waals surface area contributed by atoms with Crippen LogP contribution in [0.4, 0.5) is 0 Å². The summed E-state index contributed by atoms with van der Waals surface area (Å²) < 4.78 is 5.17. The maximum atomic E-state index is 10.3. The van der Waals surface area contributed by atoms with E-state index in [9.17, 15) is 5.11 Å². The van der Waals surface area contributed by atoms with Crippen molar-refractivity contribution in [1.82, 2.24) is 15.5 Å². The molecule has 1 aromatic heterocycles. The first-order chi connectivity index (χ1) is 7.74. The lowest BCUT2D eigenvalue weighted by molar-refractivity contribution is -0.0228. The number of unbranched alkanes of at least 4 members (excludes halogenated alkanes) is 1. The van der Waals surface area contributed by atoms with Crippen molar-refractivity contribution in [2.75, 3.05) is 13.1 Å². The van der Waals surface area contributed by atoms with Crippen molar-refractivity contribution < 1.29 is 9.63 Å². The summed E-state index contributed by atoms with van der Waals surface area (Å²) in [5.41, 5.74) is -0.914. The summed E-state index contributed by atoms with van der Waals surface area (Å²) in [5, 5.41) is 17.5. The number of nitrogens with one attached hydrogen (secondary N) is 1. The van der Waals surface area contributed by atoms with Crippen molar-refractivity contribution in [3.8, 4) is 0 Å². The zero-order valence-electron chi connectivity index (χ0n) is 9.70. The lowest BCUT2D eigenvalue weighted by Crippen LogP contribution is -2.39. The molecular weight excluding hydrogens is 206 g/mol. The first-order valence-electron chi connectivity index (χ1n) is 6.01. The quantitative estimate of drug-likeness (QED) is 0.799. The van der Waals surface area contributed by atoms with Crippen LogP contribution in [0.25, 0.3) is 0 Å². The largest absolute Gasteiger partial charge is 0.380 e. The van der Waals surface area contributed by atoms with Gasteiger partial charge in [-0.1, -0.05) is 18.5 Å². The molecule has 0 aliphatic carbocycles. The predicted molar refractivity (Wildman–Crippen MR) is 58.9 cm³/mol. The summed E-state index contributed by atoms with van der Waals surface area (Å²) in [6.07, 6.45) is 4.27. The second-order valence-corrected chi connectivity index (χ2v) is 4.40. The molecule has 2 heterocycles. The van der Waals surface area contributed by atoms with Crippen LogP contribution in [-0.2, 0) is 12.0 Å². The molecule has 0 amide bonds. The fourth-order valence-corrected chi connectivity index (χ4v) is 1.93. The molecule has 0 unspecified atom stereocenters. The van der Waals surface area contributed by atoms with E-state index in [2.05, 4.69) is 22.4 Å². The molecule has 2 rings (SSSR count). The van der Waals surface area contributed by atoms with Gasteiger partial charge in [-0.3, -0.25) is 0 Å². The standard InChI is InChI=1S/C11H19N3O2/c1-2-3-4-9-13-10(16-14-9)11(15)5-7-12-8-6-11/h12,15H,2-8H2,1H3. The van der Waals surface area contributed by atoms with Gasteiger partial charge in [-0.05, 0) is 32.4 Å². The van der Waals surface area contributed by atoms with Crippen LogP contribution in [0.1, 0.15) is 44.3 Å². The number of aromatic nitrogens is 2. The Bertz CT molecular complexity index is 332. The summed E-state index contributed by atoms with van der Waals surface area (Å²) >= 11 is 0. The maximum Gasteiger partial charge on any atom is 0.258 e. The van der Waals surface area contributed by atoms with Gasteiger partial charge < -0.3 is 14.9 Å². The zero-order valence-corrected chi connectivity index (χ0v) is 9.70. The van der Waals surface area contributed by atoms with E-state index in [1.807, 2.05) is 0 Å². The second kappa shape index (κ2) is 4.93. The molecule has 1 saturated heterocycles. The molecule has 90 valence electrons. The van der Waals surface area contributed by atoms with Gasteiger partial charge in [-0.15, -0.1) is 0 Å². The van der Waals surface area contributed by atoms with Crippen molar-refractivity contribution in [2.24, 2.45) is 0 Å². The minimum Gasteiger partial charge on any atom is -0.380 e. The minimum atomic E-state index is -0.914. The van der Waals surface area contributed by atoms with Crippen LogP contribution in [-0.4, -0.2) is 28.3 Å². The topological polar surface area (TPSA) is 71.2 Å². The van der Waals surface area contributed by atoms with Crippen LogP contribution in [0.15, 0.2) is 4.52 Å². The fraction of sp³-hybridized carbons (Fsp3) is 0.818. The van der Waals surface area contributed by atoms with E-state index in [0.717, 1.165) is 32.4 Å². The van der Waals surface area contributed by atoms with Crippen molar-refractivity contribution in [3.63, 3.8) is 0 Å². The maximum absolute atomic E-state index is 10.3. The molecule has 1 fully saturated rings. The summed E-state index contributed by atoms with van der Waals surface area (Å²) in [5.74, 6) is 1.10. The smallest absolute Gasteiger partial charge is 0.258 e. The Balaban J connectivity index is 2.05. The number of hydrogen-bond acceptors (Lipinski definition) is 5. The summed E-state index contributed by atoms with van der Waals surface area (Å²) in [4.78, 5) is 4.29. The highest BCUT2D eigenvalue weighted by atomic mass is 16.5. The SMILES string of the molecule is CCCCc1noc(C2(O)CCNCC2)n1. The van der Waals surface area contributed by atoms with Crippen LogP contribution in [0.2, 0.25) is 0 Å². The predicted octanol–water partition coefficient (Wildman–Crippen LogP) is 0.983. The van der Waals surface area contributed by atoms with Crippen LogP contribution >= 0.6 is 0 Å². The average Bonchev–Trinajstić information content (AvgIpc) is 2.77. The lowest BCUT2D eigenvalue weighted by Gasteiger charge is -2.28. The van der Waals surface area contributed by atoms with E-state index >= 15 is 0 Å². The van der Waals surface area contributed by atoms with Gasteiger partial charge in [0, 0.05) is 6.42 Å². The van der Waals surface area contributed by atoms with Crippen LogP contribution in [0.3, 0.4) is 0 Å². The molecule has 1 aliphatic rings. The number of aryl methyl sites for hydroxylation is 1. The van der Waals surface area contributed by atoms with E-state index in [1.165, 1.54) is 0 Å². The van der Waals surface area contributed by atoms with Crippen LogP contribution in [0.5, 0.6) is 0 Å². The van der Waals surface area contributed by atoms with E-state index < -0.39 is 5.60 Å². The van der Waals surface area contributed by atoms with Gasteiger partial charge >= 0.3 is 0 Å². The van der Waals surface area contributed by atoms with Gasteiger partial charge in [0.15, 0.2) is 5.82 Å². The Hall–Kier alpha value is -0.940. The van der Waals surface area contributed by atoms with Crippen LogP contribution in [0, 0.1) is 0 Å².